The van der Waals surface area contributed by atoms with Crippen molar-refractivity contribution in [3.8, 4) is 0 Å². The minimum absolute atomic E-state index is 0. The molecule has 0 aliphatic carbocycles. The Hall–Kier alpha value is -1.10. The number of amides is 1. The van der Waals surface area contributed by atoms with E-state index in [2.05, 4.69) is 48.7 Å². The molecule has 1 heterocycles. The summed E-state index contributed by atoms with van der Waals surface area (Å²) in [7, 11) is 0. The van der Waals surface area contributed by atoms with Crippen LogP contribution in [0.25, 0.3) is 0 Å². The Balaban J connectivity index is 0.00000242. The van der Waals surface area contributed by atoms with Crippen LogP contribution in [0.15, 0.2) is 30.3 Å². The second-order valence-electron chi connectivity index (χ2n) is 6.53. The first-order valence-electron chi connectivity index (χ1n) is 7.67. The van der Waals surface area contributed by atoms with Gasteiger partial charge in [-0.05, 0) is 17.4 Å². The van der Waals surface area contributed by atoms with Gasteiger partial charge in [0.05, 0.1) is 13.2 Å². The second-order valence-corrected chi connectivity index (χ2v) is 6.53. The first-order chi connectivity index (χ1) is 10.1. The van der Waals surface area contributed by atoms with Gasteiger partial charge in [0.1, 0.15) is 0 Å². The monoisotopic (exact) mass is 326 g/mol. The van der Waals surface area contributed by atoms with E-state index >= 15 is 0 Å². The van der Waals surface area contributed by atoms with E-state index in [9.17, 15) is 4.79 Å². The molecule has 1 unspecified atom stereocenters. The molecule has 1 aliphatic heterocycles. The highest BCUT2D eigenvalue weighted by Crippen LogP contribution is 2.20. The van der Waals surface area contributed by atoms with E-state index in [0.29, 0.717) is 19.6 Å². The van der Waals surface area contributed by atoms with E-state index in [1.165, 1.54) is 5.56 Å². The van der Waals surface area contributed by atoms with Gasteiger partial charge in [0.15, 0.2) is 0 Å². The number of carbonyl (C=O) groups is 1. The lowest BCUT2D eigenvalue weighted by Gasteiger charge is -2.27. The average Bonchev–Trinajstić information content (AvgIpc) is 2.47. The van der Waals surface area contributed by atoms with Crippen molar-refractivity contribution in [2.75, 3.05) is 26.3 Å². The molecular formula is C17H27ClN2O2. The van der Waals surface area contributed by atoms with Crippen molar-refractivity contribution in [3.63, 3.8) is 0 Å². The van der Waals surface area contributed by atoms with Crippen LogP contribution in [0.1, 0.15) is 25.8 Å². The zero-order valence-electron chi connectivity index (χ0n) is 13.4. The Morgan fingerprint density at radius 3 is 2.73 bits per heavy atom. The van der Waals surface area contributed by atoms with Gasteiger partial charge < -0.3 is 15.4 Å². The van der Waals surface area contributed by atoms with Gasteiger partial charge >= 0.3 is 0 Å². The Morgan fingerprint density at radius 1 is 1.36 bits per heavy atom. The molecule has 0 spiro atoms. The van der Waals surface area contributed by atoms with Crippen LogP contribution in [0.2, 0.25) is 0 Å². The standard InChI is InChI=1S/C17H26N2O2.ClH/c1-17(2,11-14-6-4-3-5-7-14)13-19-16(20)10-15-12-21-9-8-18-15;/h3-7,15,18H,8-13H2,1-2H3,(H,19,20);1H. The van der Waals surface area contributed by atoms with Crippen LogP contribution in [0.5, 0.6) is 0 Å². The molecule has 1 saturated heterocycles. The topological polar surface area (TPSA) is 50.4 Å². The normalized spacial score (nSPS) is 18.4. The molecule has 2 N–H and O–H groups in total. The van der Waals surface area contributed by atoms with Crippen molar-refractivity contribution < 1.29 is 9.53 Å². The van der Waals surface area contributed by atoms with Gasteiger partial charge in [-0.15, -0.1) is 12.4 Å². The summed E-state index contributed by atoms with van der Waals surface area (Å²) in [5.41, 5.74) is 1.35. The van der Waals surface area contributed by atoms with Crippen LogP contribution in [0.3, 0.4) is 0 Å². The molecular weight excluding hydrogens is 300 g/mol. The largest absolute Gasteiger partial charge is 0.378 e. The molecule has 2 rings (SSSR count). The van der Waals surface area contributed by atoms with Gasteiger partial charge in [0.25, 0.3) is 0 Å². The maximum atomic E-state index is 12.0. The van der Waals surface area contributed by atoms with Gasteiger partial charge in [-0.25, -0.2) is 0 Å². The van der Waals surface area contributed by atoms with Crippen molar-refractivity contribution in [2.24, 2.45) is 5.41 Å². The molecule has 22 heavy (non-hydrogen) atoms. The lowest BCUT2D eigenvalue weighted by molar-refractivity contribution is -0.122. The van der Waals surface area contributed by atoms with E-state index in [0.717, 1.165) is 19.6 Å². The summed E-state index contributed by atoms with van der Waals surface area (Å²) in [6, 6.07) is 10.5. The Bertz CT molecular complexity index is 445. The smallest absolute Gasteiger partial charge is 0.221 e. The fourth-order valence-electron chi connectivity index (χ4n) is 2.60. The lowest BCUT2D eigenvalue weighted by Crippen LogP contribution is -2.45. The summed E-state index contributed by atoms with van der Waals surface area (Å²) in [6.07, 6.45) is 1.44. The number of ether oxygens (including phenoxy) is 1. The van der Waals surface area contributed by atoms with E-state index in [1.807, 2.05) is 6.07 Å². The van der Waals surface area contributed by atoms with Crippen molar-refractivity contribution in [1.29, 1.82) is 0 Å². The molecule has 4 nitrogen and oxygen atoms in total. The Kier molecular flexibility index (Phi) is 7.87. The molecule has 5 heteroatoms. The molecule has 1 fully saturated rings. The molecule has 0 aromatic heterocycles. The first-order valence-corrected chi connectivity index (χ1v) is 7.67. The molecule has 0 saturated carbocycles. The van der Waals surface area contributed by atoms with Crippen LogP contribution in [0.4, 0.5) is 0 Å². The van der Waals surface area contributed by atoms with Crippen LogP contribution in [-0.2, 0) is 16.0 Å². The van der Waals surface area contributed by atoms with E-state index < -0.39 is 0 Å². The summed E-state index contributed by atoms with van der Waals surface area (Å²) < 4.78 is 5.36. The number of morpholine rings is 1. The third kappa shape index (κ3) is 6.77. The first kappa shape index (κ1) is 18.9. The zero-order valence-corrected chi connectivity index (χ0v) is 14.2. The number of benzene rings is 1. The summed E-state index contributed by atoms with van der Waals surface area (Å²) in [6.45, 7) is 7.25. The third-order valence-electron chi connectivity index (χ3n) is 3.72. The number of carbonyl (C=O) groups excluding carboxylic acids is 1. The highest BCUT2D eigenvalue weighted by Gasteiger charge is 2.21. The number of rotatable bonds is 6. The maximum Gasteiger partial charge on any atom is 0.221 e. The van der Waals surface area contributed by atoms with Crippen molar-refractivity contribution >= 4 is 18.3 Å². The van der Waals surface area contributed by atoms with Gasteiger partial charge in [0.2, 0.25) is 5.91 Å². The molecule has 1 atom stereocenters. The van der Waals surface area contributed by atoms with Crippen LogP contribution in [0, 0.1) is 5.41 Å². The Morgan fingerprint density at radius 2 is 2.09 bits per heavy atom. The third-order valence-corrected chi connectivity index (χ3v) is 3.72. The number of hydrogen-bond donors (Lipinski definition) is 2. The quantitative estimate of drug-likeness (QED) is 0.842. The number of nitrogens with one attached hydrogen (secondary N) is 2. The Labute approximate surface area is 139 Å². The van der Waals surface area contributed by atoms with E-state index in [1.54, 1.807) is 0 Å². The summed E-state index contributed by atoms with van der Waals surface area (Å²) in [4.78, 5) is 12.0. The summed E-state index contributed by atoms with van der Waals surface area (Å²) in [5.74, 6) is 0.0964. The molecule has 1 aliphatic rings. The fourth-order valence-corrected chi connectivity index (χ4v) is 2.60. The zero-order chi connectivity index (χ0) is 15.1. The number of halogens is 1. The average molecular weight is 327 g/mol. The van der Waals surface area contributed by atoms with E-state index in [-0.39, 0.29) is 29.8 Å². The van der Waals surface area contributed by atoms with Crippen LogP contribution >= 0.6 is 12.4 Å². The molecule has 124 valence electrons. The molecule has 1 aromatic carbocycles. The van der Waals surface area contributed by atoms with Gasteiger partial charge in [-0.3, -0.25) is 4.79 Å². The fraction of sp³-hybridized carbons (Fsp3) is 0.588. The maximum absolute atomic E-state index is 12.0. The number of hydrogen-bond acceptors (Lipinski definition) is 3. The van der Waals surface area contributed by atoms with Gasteiger partial charge in [0, 0.05) is 25.6 Å². The summed E-state index contributed by atoms with van der Waals surface area (Å²) in [5, 5.41) is 6.36. The molecule has 0 radical (unpaired) electrons. The molecule has 0 bridgehead atoms. The predicted octanol–water partition coefficient (Wildman–Crippen LogP) is 2.17. The van der Waals surface area contributed by atoms with Crippen LogP contribution in [-0.4, -0.2) is 38.3 Å². The molecule has 1 amide bonds. The highest BCUT2D eigenvalue weighted by atomic mass is 35.5. The van der Waals surface area contributed by atoms with Gasteiger partial charge in [-0.1, -0.05) is 44.2 Å². The van der Waals surface area contributed by atoms with E-state index in [4.69, 9.17) is 4.74 Å². The highest BCUT2D eigenvalue weighted by molar-refractivity contribution is 5.85. The van der Waals surface area contributed by atoms with Crippen molar-refractivity contribution in [2.45, 2.75) is 32.7 Å². The van der Waals surface area contributed by atoms with Gasteiger partial charge in [-0.2, -0.15) is 0 Å². The summed E-state index contributed by atoms with van der Waals surface area (Å²) >= 11 is 0. The molecule has 1 aromatic rings. The predicted molar refractivity (Wildman–Crippen MR) is 91.4 cm³/mol. The minimum Gasteiger partial charge on any atom is -0.378 e. The minimum atomic E-state index is 0. The SMILES string of the molecule is CC(C)(CNC(=O)CC1COCCN1)Cc1ccccc1.Cl. The lowest BCUT2D eigenvalue weighted by atomic mass is 9.85. The van der Waals surface area contributed by atoms with Crippen LogP contribution < -0.4 is 10.6 Å². The van der Waals surface area contributed by atoms with Crippen molar-refractivity contribution in [3.05, 3.63) is 35.9 Å². The van der Waals surface area contributed by atoms with Crippen molar-refractivity contribution in [1.82, 2.24) is 10.6 Å². The second kappa shape index (κ2) is 9.13.